The second-order valence-electron chi connectivity index (χ2n) is 3.79. The van der Waals surface area contributed by atoms with E-state index in [9.17, 15) is 4.79 Å². The van der Waals surface area contributed by atoms with Gasteiger partial charge < -0.3 is 15.8 Å². The Balaban J connectivity index is 2.14. The van der Waals surface area contributed by atoms with Crippen molar-refractivity contribution >= 4 is 12.2 Å². The highest BCUT2D eigenvalue weighted by molar-refractivity contribution is 5.64. The van der Waals surface area contributed by atoms with Crippen LogP contribution in [0.3, 0.4) is 0 Å². The zero-order valence-corrected chi connectivity index (χ0v) is 10.4. The molecule has 5 nitrogen and oxygen atoms in total. The van der Waals surface area contributed by atoms with Gasteiger partial charge in [0.2, 0.25) is 0 Å². The Morgan fingerprint density at radius 3 is 3.11 bits per heavy atom. The molecule has 0 aliphatic rings. The highest BCUT2D eigenvalue weighted by atomic mass is 16.5. The van der Waals surface area contributed by atoms with E-state index in [1.807, 2.05) is 12.1 Å². The van der Waals surface area contributed by atoms with Crippen molar-refractivity contribution in [3.05, 3.63) is 36.2 Å². The summed E-state index contributed by atoms with van der Waals surface area (Å²) in [5, 5.41) is 3.28. The molecule has 1 aromatic heterocycles. The number of hydrogen-bond acceptors (Lipinski definition) is 4. The Labute approximate surface area is 107 Å². The molecule has 3 N–H and O–H groups in total. The molecule has 1 aromatic rings. The summed E-state index contributed by atoms with van der Waals surface area (Å²) in [6.07, 6.45) is 4.57. The lowest BCUT2D eigenvalue weighted by atomic mass is 10.2. The zero-order chi connectivity index (χ0) is 13.2. The van der Waals surface area contributed by atoms with Gasteiger partial charge in [0.25, 0.3) is 0 Å². The normalized spacial score (nSPS) is 10.0. The van der Waals surface area contributed by atoms with E-state index in [1.165, 1.54) is 0 Å². The third kappa shape index (κ3) is 5.45. The minimum Gasteiger partial charge on any atom is -0.450 e. The SMILES string of the molecule is C=Cc1cccnc1CNCCCCOC(N)=O. The van der Waals surface area contributed by atoms with Crippen molar-refractivity contribution in [3.63, 3.8) is 0 Å². The number of unbranched alkanes of at least 4 members (excludes halogenated alkanes) is 1. The van der Waals surface area contributed by atoms with Gasteiger partial charge in [-0.25, -0.2) is 4.79 Å². The Bertz CT molecular complexity index is 394. The number of primary amides is 1. The van der Waals surface area contributed by atoms with Gasteiger partial charge in [0.15, 0.2) is 0 Å². The predicted molar refractivity (Wildman–Crippen MR) is 70.8 cm³/mol. The number of nitrogens with zero attached hydrogens (tertiary/aromatic N) is 1. The van der Waals surface area contributed by atoms with Gasteiger partial charge in [-0.2, -0.15) is 0 Å². The van der Waals surface area contributed by atoms with E-state index < -0.39 is 6.09 Å². The fraction of sp³-hybridized carbons (Fsp3) is 0.385. The molecule has 0 spiro atoms. The van der Waals surface area contributed by atoms with Gasteiger partial charge in [0, 0.05) is 12.7 Å². The average molecular weight is 249 g/mol. The van der Waals surface area contributed by atoms with Crippen molar-refractivity contribution < 1.29 is 9.53 Å². The number of amides is 1. The molecule has 98 valence electrons. The summed E-state index contributed by atoms with van der Waals surface area (Å²) in [4.78, 5) is 14.6. The largest absolute Gasteiger partial charge is 0.450 e. The lowest BCUT2D eigenvalue weighted by Gasteiger charge is -2.06. The van der Waals surface area contributed by atoms with Gasteiger partial charge in [-0.05, 0) is 31.0 Å². The minimum absolute atomic E-state index is 0.374. The topological polar surface area (TPSA) is 77.2 Å². The van der Waals surface area contributed by atoms with Gasteiger partial charge in [-0.3, -0.25) is 4.98 Å². The lowest BCUT2D eigenvalue weighted by Crippen LogP contribution is -2.18. The standard InChI is InChI=1S/C13H19N3O2/c1-2-11-6-5-8-16-12(11)10-15-7-3-4-9-18-13(14)17/h2,5-6,8,15H,1,3-4,7,9-10H2,(H2,14,17). The van der Waals surface area contributed by atoms with Crippen LogP contribution < -0.4 is 11.1 Å². The molecule has 0 bridgehead atoms. The van der Waals surface area contributed by atoms with E-state index in [2.05, 4.69) is 21.6 Å². The smallest absolute Gasteiger partial charge is 0.404 e. The van der Waals surface area contributed by atoms with Crippen molar-refractivity contribution in [2.75, 3.05) is 13.2 Å². The first-order valence-electron chi connectivity index (χ1n) is 5.93. The molecule has 0 atom stereocenters. The van der Waals surface area contributed by atoms with E-state index in [-0.39, 0.29) is 0 Å². The van der Waals surface area contributed by atoms with Gasteiger partial charge in [0.1, 0.15) is 0 Å². The van der Waals surface area contributed by atoms with Crippen LogP contribution in [0.15, 0.2) is 24.9 Å². The number of nitrogens with two attached hydrogens (primary N) is 1. The first-order valence-corrected chi connectivity index (χ1v) is 5.93. The molecule has 0 fully saturated rings. The molecule has 0 saturated heterocycles. The molecule has 1 amide bonds. The fourth-order valence-electron chi connectivity index (χ4n) is 1.52. The highest BCUT2D eigenvalue weighted by Crippen LogP contribution is 2.06. The van der Waals surface area contributed by atoms with Gasteiger partial charge in [0.05, 0.1) is 12.3 Å². The molecular weight excluding hydrogens is 230 g/mol. The summed E-state index contributed by atoms with van der Waals surface area (Å²) in [5.74, 6) is 0. The van der Waals surface area contributed by atoms with Crippen LogP contribution in [0.2, 0.25) is 0 Å². The third-order valence-corrected chi connectivity index (χ3v) is 2.43. The molecule has 5 heteroatoms. The van der Waals surface area contributed by atoms with Crippen LogP contribution in [0.1, 0.15) is 24.1 Å². The molecule has 1 heterocycles. The van der Waals surface area contributed by atoms with Crippen LogP contribution in [0.4, 0.5) is 4.79 Å². The summed E-state index contributed by atoms with van der Waals surface area (Å²) < 4.78 is 4.63. The minimum atomic E-state index is -0.716. The van der Waals surface area contributed by atoms with E-state index in [1.54, 1.807) is 12.3 Å². The van der Waals surface area contributed by atoms with Gasteiger partial charge in [-0.1, -0.05) is 18.7 Å². The Morgan fingerprint density at radius 1 is 1.56 bits per heavy atom. The lowest BCUT2D eigenvalue weighted by molar-refractivity contribution is 0.154. The Kier molecular flexibility index (Phi) is 6.50. The molecular formula is C13H19N3O2. The summed E-state index contributed by atoms with van der Waals surface area (Å²) in [5.41, 5.74) is 6.88. The summed E-state index contributed by atoms with van der Waals surface area (Å²) >= 11 is 0. The van der Waals surface area contributed by atoms with Crippen LogP contribution in [0.5, 0.6) is 0 Å². The summed E-state index contributed by atoms with van der Waals surface area (Å²) in [6.45, 7) is 5.67. The number of aromatic nitrogens is 1. The number of ether oxygens (including phenoxy) is 1. The molecule has 0 unspecified atom stereocenters. The van der Waals surface area contributed by atoms with Gasteiger partial charge in [-0.15, -0.1) is 0 Å². The van der Waals surface area contributed by atoms with E-state index in [4.69, 9.17) is 5.73 Å². The first kappa shape index (κ1) is 14.2. The second kappa shape index (κ2) is 8.25. The van der Waals surface area contributed by atoms with Crippen molar-refractivity contribution in [3.8, 4) is 0 Å². The van der Waals surface area contributed by atoms with Crippen LogP contribution in [-0.4, -0.2) is 24.2 Å². The van der Waals surface area contributed by atoms with Crippen molar-refractivity contribution in [1.29, 1.82) is 0 Å². The average Bonchev–Trinajstić information content (AvgIpc) is 2.37. The number of nitrogens with one attached hydrogen (secondary N) is 1. The molecule has 0 radical (unpaired) electrons. The Morgan fingerprint density at radius 2 is 2.39 bits per heavy atom. The van der Waals surface area contributed by atoms with Crippen LogP contribution >= 0.6 is 0 Å². The summed E-state index contributed by atoms with van der Waals surface area (Å²) in [7, 11) is 0. The van der Waals surface area contributed by atoms with Gasteiger partial charge >= 0.3 is 6.09 Å². The molecule has 1 rings (SSSR count). The second-order valence-corrected chi connectivity index (χ2v) is 3.79. The molecule has 0 saturated carbocycles. The number of pyridine rings is 1. The number of carbonyl (C=O) groups excluding carboxylic acids is 1. The zero-order valence-electron chi connectivity index (χ0n) is 10.4. The van der Waals surface area contributed by atoms with Crippen LogP contribution in [-0.2, 0) is 11.3 Å². The van der Waals surface area contributed by atoms with E-state index in [0.29, 0.717) is 13.2 Å². The number of hydrogen-bond donors (Lipinski definition) is 2. The predicted octanol–water partition coefficient (Wildman–Crippen LogP) is 1.69. The third-order valence-electron chi connectivity index (χ3n) is 2.43. The van der Waals surface area contributed by atoms with Crippen LogP contribution in [0.25, 0.3) is 6.08 Å². The fourth-order valence-corrected chi connectivity index (χ4v) is 1.52. The first-order chi connectivity index (χ1) is 8.74. The van der Waals surface area contributed by atoms with Crippen molar-refractivity contribution in [1.82, 2.24) is 10.3 Å². The molecule has 0 aliphatic carbocycles. The molecule has 0 aromatic carbocycles. The van der Waals surface area contributed by atoms with Crippen LogP contribution in [0, 0.1) is 0 Å². The van der Waals surface area contributed by atoms with Crippen molar-refractivity contribution in [2.45, 2.75) is 19.4 Å². The van der Waals surface area contributed by atoms with E-state index in [0.717, 1.165) is 30.6 Å². The maximum Gasteiger partial charge on any atom is 0.404 e. The molecule has 18 heavy (non-hydrogen) atoms. The van der Waals surface area contributed by atoms with Crippen molar-refractivity contribution in [2.24, 2.45) is 5.73 Å². The maximum atomic E-state index is 10.3. The highest BCUT2D eigenvalue weighted by Gasteiger charge is 1.99. The Hall–Kier alpha value is -1.88. The number of rotatable bonds is 8. The quantitative estimate of drug-likeness (QED) is 0.687. The number of carbonyl (C=O) groups is 1. The maximum absolute atomic E-state index is 10.3. The monoisotopic (exact) mass is 249 g/mol. The summed E-state index contributed by atoms with van der Waals surface area (Å²) in [6, 6.07) is 3.87. The van der Waals surface area contributed by atoms with E-state index >= 15 is 0 Å². The molecule has 0 aliphatic heterocycles.